The van der Waals surface area contributed by atoms with Gasteiger partial charge in [0, 0.05) is 19.2 Å². The number of unbranched alkanes of at least 4 members (excludes halogenated alkanes) is 1. The number of anilines is 2. The highest BCUT2D eigenvalue weighted by molar-refractivity contribution is 6.05. The molecule has 0 aliphatic heterocycles. The predicted molar refractivity (Wildman–Crippen MR) is 98.5 cm³/mol. The van der Waals surface area contributed by atoms with Crippen molar-refractivity contribution in [1.82, 2.24) is 4.98 Å². The Hall–Kier alpha value is -2.89. The third-order valence-electron chi connectivity index (χ3n) is 3.84. The van der Waals surface area contributed by atoms with Crippen LogP contribution in [0.25, 0.3) is 0 Å². The molecule has 0 bridgehead atoms. The fraction of sp³-hybridized carbons (Fsp3) is 0.316. The lowest BCUT2D eigenvalue weighted by Crippen LogP contribution is -2.23. The van der Waals surface area contributed by atoms with E-state index in [4.69, 9.17) is 0 Å². The van der Waals surface area contributed by atoms with Crippen LogP contribution in [0.15, 0.2) is 36.5 Å². The number of hydrogen-bond donors (Lipinski definition) is 2. The molecule has 0 aliphatic rings. The molecule has 0 spiro atoms. The largest absolute Gasteiger partial charge is 0.478 e. The summed E-state index contributed by atoms with van der Waals surface area (Å²) in [6, 6.07) is 8.63. The lowest BCUT2D eigenvalue weighted by Gasteiger charge is -2.20. The van der Waals surface area contributed by atoms with Crippen LogP contribution in [0, 0.1) is 6.92 Å². The number of aryl methyl sites for hydroxylation is 1. The number of carbonyl (C=O) groups is 2. The average molecular weight is 341 g/mol. The summed E-state index contributed by atoms with van der Waals surface area (Å²) >= 11 is 0. The first-order valence-electron chi connectivity index (χ1n) is 8.25. The highest BCUT2D eigenvalue weighted by Crippen LogP contribution is 2.21. The van der Waals surface area contributed by atoms with Crippen molar-refractivity contribution >= 4 is 23.4 Å². The number of carboxylic acid groups (broad SMARTS) is 1. The van der Waals surface area contributed by atoms with E-state index < -0.39 is 5.97 Å². The summed E-state index contributed by atoms with van der Waals surface area (Å²) in [5, 5.41) is 12.2. The average Bonchev–Trinajstić information content (AvgIpc) is 2.59. The number of rotatable bonds is 7. The topological polar surface area (TPSA) is 82.5 Å². The van der Waals surface area contributed by atoms with Gasteiger partial charge in [-0.25, -0.2) is 9.78 Å². The molecular weight excluding hydrogens is 318 g/mol. The number of benzene rings is 1. The van der Waals surface area contributed by atoms with E-state index in [0.717, 1.165) is 24.9 Å². The van der Waals surface area contributed by atoms with E-state index in [9.17, 15) is 14.7 Å². The van der Waals surface area contributed by atoms with Crippen LogP contribution in [-0.4, -0.2) is 35.6 Å². The molecule has 132 valence electrons. The molecule has 0 saturated carbocycles. The molecule has 1 aromatic carbocycles. The molecule has 0 aliphatic carbocycles. The van der Waals surface area contributed by atoms with Gasteiger partial charge in [0.1, 0.15) is 11.4 Å². The maximum atomic E-state index is 12.3. The van der Waals surface area contributed by atoms with Crippen LogP contribution in [0.2, 0.25) is 0 Å². The van der Waals surface area contributed by atoms with Gasteiger partial charge in [-0.15, -0.1) is 0 Å². The van der Waals surface area contributed by atoms with Gasteiger partial charge in [0.15, 0.2) is 0 Å². The Balaban J connectivity index is 2.23. The van der Waals surface area contributed by atoms with Crippen LogP contribution in [0.1, 0.15) is 46.0 Å². The van der Waals surface area contributed by atoms with E-state index in [1.54, 1.807) is 18.2 Å². The number of carboxylic acids is 1. The third-order valence-corrected chi connectivity index (χ3v) is 3.84. The zero-order valence-corrected chi connectivity index (χ0v) is 14.7. The van der Waals surface area contributed by atoms with Crippen molar-refractivity contribution in [3.05, 3.63) is 53.2 Å². The van der Waals surface area contributed by atoms with E-state index in [-0.39, 0.29) is 11.5 Å². The molecule has 6 heteroatoms. The molecule has 0 saturated heterocycles. The minimum absolute atomic E-state index is 0.0700. The van der Waals surface area contributed by atoms with Crippen LogP contribution in [-0.2, 0) is 0 Å². The summed E-state index contributed by atoms with van der Waals surface area (Å²) in [6.07, 6.45) is 3.44. The molecule has 0 atom stereocenters. The van der Waals surface area contributed by atoms with Crippen molar-refractivity contribution in [1.29, 1.82) is 0 Å². The number of carbonyl (C=O) groups excluding carboxylic acids is 1. The van der Waals surface area contributed by atoms with Crippen molar-refractivity contribution in [2.45, 2.75) is 26.7 Å². The molecular formula is C19H23N3O3. The normalized spacial score (nSPS) is 10.4. The molecule has 2 rings (SSSR count). The third kappa shape index (κ3) is 4.79. The van der Waals surface area contributed by atoms with Gasteiger partial charge in [-0.3, -0.25) is 4.79 Å². The Morgan fingerprint density at radius 1 is 1.28 bits per heavy atom. The van der Waals surface area contributed by atoms with Crippen LogP contribution in [0.4, 0.5) is 11.5 Å². The Kier molecular flexibility index (Phi) is 6.11. The Morgan fingerprint density at radius 3 is 2.68 bits per heavy atom. The van der Waals surface area contributed by atoms with E-state index >= 15 is 0 Å². The molecule has 2 N–H and O–H groups in total. The highest BCUT2D eigenvalue weighted by Gasteiger charge is 2.17. The smallest absolute Gasteiger partial charge is 0.339 e. The van der Waals surface area contributed by atoms with E-state index in [0.29, 0.717) is 17.1 Å². The second-order valence-electron chi connectivity index (χ2n) is 6.00. The number of aromatic carboxylic acids is 1. The summed E-state index contributed by atoms with van der Waals surface area (Å²) in [5.41, 5.74) is 1.92. The van der Waals surface area contributed by atoms with Crippen LogP contribution in [0.5, 0.6) is 0 Å². The van der Waals surface area contributed by atoms with Gasteiger partial charge in [-0.2, -0.15) is 0 Å². The van der Waals surface area contributed by atoms with Gasteiger partial charge in [-0.1, -0.05) is 31.0 Å². The van der Waals surface area contributed by atoms with Crippen molar-refractivity contribution < 1.29 is 14.7 Å². The Labute approximate surface area is 147 Å². The molecule has 1 heterocycles. The van der Waals surface area contributed by atoms with Gasteiger partial charge in [0.2, 0.25) is 0 Å². The van der Waals surface area contributed by atoms with Crippen LogP contribution >= 0.6 is 0 Å². The fourth-order valence-corrected chi connectivity index (χ4v) is 2.48. The minimum atomic E-state index is -1.07. The molecule has 2 aromatic rings. The zero-order valence-electron chi connectivity index (χ0n) is 14.7. The predicted octanol–water partition coefficient (Wildman–Crippen LogP) is 3.58. The zero-order chi connectivity index (χ0) is 18.4. The van der Waals surface area contributed by atoms with E-state index in [1.807, 2.05) is 24.9 Å². The lowest BCUT2D eigenvalue weighted by molar-refractivity contribution is 0.0697. The number of nitrogens with one attached hydrogen (secondary N) is 1. The summed E-state index contributed by atoms with van der Waals surface area (Å²) < 4.78 is 0. The molecule has 25 heavy (non-hydrogen) atoms. The standard InChI is InChI=1S/C19H23N3O3/c1-4-5-9-22(3)17-16(19(24)25)11-15(12-20-17)21-18(23)14-8-6-7-13(2)10-14/h6-8,10-12H,4-5,9H2,1-3H3,(H,21,23)(H,24,25). The number of nitrogens with zero attached hydrogens (tertiary/aromatic N) is 2. The van der Waals surface area contributed by atoms with Crippen molar-refractivity contribution in [2.24, 2.45) is 0 Å². The summed E-state index contributed by atoms with van der Waals surface area (Å²) in [4.78, 5) is 30.0. The highest BCUT2D eigenvalue weighted by atomic mass is 16.4. The second-order valence-corrected chi connectivity index (χ2v) is 6.00. The Bertz CT molecular complexity index is 774. The van der Waals surface area contributed by atoms with E-state index in [2.05, 4.69) is 17.2 Å². The van der Waals surface area contributed by atoms with Gasteiger partial charge >= 0.3 is 5.97 Å². The molecule has 1 aromatic heterocycles. The second kappa shape index (κ2) is 8.28. The maximum Gasteiger partial charge on any atom is 0.339 e. The molecule has 0 unspecified atom stereocenters. The van der Waals surface area contributed by atoms with Crippen molar-refractivity contribution in [2.75, 3.05) is 23.8 Å². The van der Waals surface area contributed by atoms with Gasteiger partial charge in [0.05, 0.1) is 11.9 Å². The van der Waals surface area contributed by atoms with Gasteiger partial charge in [-0.05, 0) is 31.5 Å². The summed E-state index contributed by atoms with van der Waals surface area (Å²) in [5.74, 6) is -0.971. The molecule has 6 nitrogen and oxygen atoms in total. The fourth-order valence-electron chi connectivity index (χ4n) is 2.48. The first kappa shape index (κ1) is 18.4. The van der Waals surface area contributed by atoms with Gasteiger partial charge < -0.3 is 15.3 Å². The first-order valence-corrected chi connectivity index (χ1v) is 8.25. The number of pyridine rings is 1. The van der Waals surface area contributed by atoms with Crippen LogP contribution < -0.4 is 10.2 Å². The number of amides is 1. The lowest BCUT2D eigenvalue weighted by atomic mass is 10.1. The maximum absolute atomic E-state index is 12.3. The first-order chi connectivity index (χ1) is 11.9. The minimum Gasteiger partial charge on any atom is -0.478 e. The molecule has 0 radical (unpaired) electrons. The Morgan fingerprint density at radius 2 is 2.04 bits per heavy atom. The molecule has 0 fully saturated rings. The molecule has 1 amide bonds. The quantitative estimate of drug-likeness (QED) is 0.804. The van der Waals surface area contributed by atoms with Crippen molar-refractivity contribution in [3.8, 4) is 0 Å². The summed E-state index contributed by atoms with van der Waals surface area (Å²) in [7, 11) is 1.81. The summed E-state index contributed by atoms with van der Waals surface area (Å²) in [6.45, 7) is 4.70. The number of hydrogen-bond acceptors (Lipinski definition) is 4. The monoisotopic (exact) mass is 341 g/mol. The van der Waals surface area contributed by atoms with Crippen LogP contribution in [0.3, 0.4) is 0 Å². The number of aromatic nitrogens is 1. The van der Waals surface area contributed by atoms with Crippen molar-refractivity contribution in [3.63, 3.8) is 0 Å². The SMILES string of the molecule is CCCCN(C)c1ncc(NC(=O)c2cccc(C)c2)cc1C(=O)O. The van der Waals surface area contributed by atoms with Gasteiger partial charge in [0.25, 0.3) is 5.91 Å². The van der Waals surface area contributed by atoms with E-state index in [1.165, 1.54) is 12.3 Å².